The fraction of sp³-hybridized carbons (Fsp3) is 0.818. The first-order chi connectivity index (χ1) is 7.43. The Morgan fingerprint density at radius 3 is 2.73 bits per heavy atom. The van der Waals surface area contributed by atoms with Gasteiger partial charge in [0.1, 0.15) is 0 Å². The fourth-order valence-corrected chi connectivity index (χ4v) is 3.38. The van der Waals surface area contributed by atoms with Gasteiger partial charge in [-0.25, -0.2) is 0 Å². The van der Waals surface area contributed by atoms with Crippen LogP contribution in [-0.4, -0.2) is 15.9 Å². The van der Waals surface area contributed by atoms with Crippen molar-refractivity contribution in [3.05, 3.63) is 11.7 Å². The van der Waals surface area contributed by atoms with Crippen molar-refractivity contribution in [3.8, 4) is 0 Å². The largest absolute Gasteiger partial charge is 0.339 e. The monoisotopic (exact) mass is 224 g/mol. The molecule has 0 aromatic carbocycles. The molecular formula is C11H16N2OS. The van der Waals surface area contributed by atoms with E-state index in [1.165, 1.54) is 44.3 Å². The molecule has 0 spiro atoms. The Morgan fingerprint density at radius 1 is 1.13 bits per heavy atom. The van der Waals surface area contributed by atoms with Gasteiger partial charge in [0.25, 0.3) is 0 Å². The Morgan fingerprint density at radius 2 is 2.07 bits per heavy atom. The van der Waals surface area contributed by atoms with Gasteiger partial charge in [0.15, 0.2) is 5.82 Å². The van der Waals surface area contributed by atoms with Gasteiger partial charge in [0.05, 0.1) is 5.25 Å². The molecule has 2 aliphatic rings. The summed E-state index contributed by atoms with van der Waals surface area (Å²) in [5.74, 6) is 3.65. The van der Waals surface area contributed by atoms with Gasteiger partial charge < -0.3 is 4.52 Å². The van der Waals surface area contributed by atoms with Crippen molar-refractivity contribution in [2.75, 3.05) is 5.75 Å². The van der Waals surface area contributed by atoms with E-state index in [4.69, 9.17) is 4.52 Å². The maximum atomic E-state index is 5.35. The molecular weight excluding hydrogens is 208 g/mol. The minimum Gasteiger partial charge on any atom is -0.339 e. The predicted octanol–water partition coefficient (Wildman–Crippen LogP) is 3.30. The van der Waals surface area contributed by atoms with Crippen LogP contribution in [-0.2, 0) is 0 Å². The maximum Gasteiger partial charge on any atom is 0.229 e. The zero-order chi connectivity index (χ0) is 10.1. The summed E-state index contributed by atoms with van der Waals surface area (Å²) in [4.78, 5) is 4.56. The molecule has 15 heavy (non-hydrogen) atoms. The van der Waals surface area contributed by atoms with E-state index >= 15 is 0 Å². The van der Waals surface area contributed by atoms with Crippen molar-refractivity contribution in [1.82, 2.24) is 10.1 Å². The van der Waals surface area contributed by atoms with Gasteiger partial charge in [-0.15, -0.1) is 0 Å². The van der Waals surface area contributed by atoms with E-state index in [9.17, 15) is 0 Å². The molecule has 3 rings (SSSR count). The Kier molecular flexibility index (Phi) is 2.69. The summed E-state index contributed by atoms with van der Waals surface area (Å²) in [6.07, 6.45) is 7.66. The van der Waals surface area contributed by atoms with Gasteiger partial charge >= 0.3 is 0 Å². The molecule has 1 atom stereocenters. The molecule has 1 aromatic heterocycles. The molecule has 0 amide bonds. The van der Waals surface area contributed by atoms with Gasteiger partial charge in [0, 0.05) is 5.92 Å². The van der Waals surface area contributed by atoms with Gasteiger partial charge in [-0.05, 0) is 31.4 Å². The second-order valence-electron chi connectivity index (χ2n) is 4.47. The highest BCUT2D eigenvalue weighted by atomic mass is 32.2. The summed E-state index contributed by atoms with van der Waals surface area (Å²) >= 11 is 1.98. The quantitative estimate of drug-likeness (QED) is 0.772. The number of hydrogen-bond donors (Lipinski definition) is 0. The third-order valence-corrected chi connectivity index (χ3v) is 4.75. The summed E-state index contributed by atoms with van der Waals surface area (Å²) in [6.45, 7) is 0. The molecule has 1 aromatic rings. The molecule has 0 bridgehead atoms. The number of thioether (sulfide) groups is 1. The normalized spacial score (nSPS) is 27.6. The Balaban J connectivity index is 1.71. The van der Waals surface area contributed by atoms with Crippen molar-refractivity contribution < 1.29 is 4.52 Å². The van der Waals surface area contributed by atoms with Gasteiger partial charge in [-0.1, -0.05) is 18.0 Å². The van der Waals surface area contributed by atoms with Crippen molar-refractivity contribution >= 4 is 11.8 Å². The smallest absolute Gasteiger partial charge is 0.229 e. The van der Waals surface area contributed by atoms with Crippen molar-refractivity contribution in [2.45, 2.75) is 49.7 Å². The highest BCUT2D eigenvalue weighted by molar-refractivity contribution is 7.99. The standard InChI is InChI=1S/C11H16N2OS/c1-2-7-15-9(6-1)10-12-11(14-13-10)8-4-3-5-8/h8-9H,1-7H2/t9-/m0/s1. The second-order valence-corrected chi connectivity index (χ2v) is 5.78. The molecule has 0 unspecified atom stereocenters. The molecule has 0 radical (unpaired) electrons. The van der Waals surface area contributed by atoms with Crippen LogP contribution in [0, 0.1) is 0 Å². The maximum absolute atomic E-state index is 5.35. The highest BCUT2D eigenvalue weighted by Crippen LogP contribution is 2.39. The summed E-state index contributed by atoms with van der Waals surface area (Å²) < 4.78 is 5.35. The van der Waals surface area contributed by atoms with E-state index in [0.717, 1.165) is 11.7 Å². The summed E-state index contributed by atoms with van der Waals surface area (Å²) in [6, 6.07) is 0. The summed E-state index contributed by atoms with van der Waals surface area (Å²) in [5.41, 5.74) is 0. The summed E-state index contributed by atoms with van der Waals surface area (Å²) in [5, 5.41) is 4.63. The van der Waals surface area contributed by atoms with E-state index in [1.807, 2.05) is 11.8 Å². The Labute approximate surface area is 94.0 Å². The third-order valence-electron chi connectivity index (χ3n) is 3.38. The zero-order valence-corrected chi connectivity index (χ0v) is 9.63. The van der Waals surface area contributed by atoms with Gasteiger partial charge in [-0.2, -0.15) is 16.7 Å². The molecule has 2 heterocycles. The topological polar surface area (TPSA) is 38.9 Å². The van der Waals surface area contributed by atoms with Crippen LogP contribution in [0.3, 0.4) is 0 Å². The van der Waals surface area contributed by atoms with Crippen LogP contribution >= 0.6 is 11.8 Å². The molecule has 2 fully saturated rings. The molecule has 1 saturated carbocycles. The average Bonchev–Trinajstić information content (AvgIpc) is 2.66. The minimum absolute atomic E-state index is 0.497. The Bertz CT molecular complexity index is 329. The number of nitrogens with zero attached hydrogens (tertiary/aromatic N) is 2. The third kappa shape index (κ3) is 1.92. The van der Waals surface area contributed by atoms with Crippen molar-refractivity contribution in [1.29, 1.82) is 0 Å². The first-order valence-corrected chi connectivity index (χ1v) is 6.93. The van der Waals surface area contributed by atoms with Crippen molar-refractivity contribution in [2.24, 2.45) is 0 Å². The van der Waals surface area contributed by atoms with E-state index in [-0.39, 0.29) is 0 Å². The molecule has 82 valence electrons. The summed E-state index contributed by atoms with van der Waals surface area (Å²) in [7, 11) is 0. The lowest BCUT2D eigenvalue weighted by Crippen LogP contribution is -2.09. The zero-order valence-electron chi connectivity index (χ0n) is 8.82. The molecule has 1 saturated heterocycles. The minimum atomic E-state index is 0.497. The van der Waals surface area contributed by atoms with Crippen molar-refractivity contribution in [3.63, 3.8) is 0 Å². The van der Waals surface area contributed by atoms with Gasteiger partial charge in [-0.3, -0.25) is 0 Å². The fourth-order valence-electron chi connectivity index (χ4n) is 2.14. The number of aromatic nitrogens is 2. The SMILES string of the molecule is C1CC[C@@H](c2noc(C3CCC3)n2)SC1. The van der Waals surface area contributed by atoms with Crippen LogP contribution in [0.15, 0.2) is 4.52 Å². The second kappa shape index (κ2) is 4.16. The molecule has 4 heteroatoms. The van der Waals surface area contributed by atoms with E-state index in [1.54, 1.807) is 0 Å². The molecule has 0 N–H and O–H groups in total. The first kappa shape index (κ1) is 9.70. The van der Waals surface area contributed by atoms with E-state index in [2.05, 4.69) is 10.1 Å². The highest BCUT2D eigenvalue weighted by Gasteiger charge is 2.28. The molecule has 1 aliphatic heterocycles. The molecule has 1 aliphatic carbocycles. The van der Waals surface area contributed by atoms with E-state index in [0.29, 0.717) is 11.2 Å². The van der Waals surface area contributed by atoms with Crippen LogP contribution in [0.1, 0.15) is 61.4 Å². The van der Waals surface area contributed by atoms with Crippen LogP contribution in [0.5, 0.6) is 0 Å². The van der Waals surface area contributed by atoms with Crippen LogP contribution in [0.2, 0.25) is 0 Å². The van der Waals surface area contributed by atoms with E-state index < -0.39 is 0 Å². The lowest BCUT2D eigenvalue weighted by molar-refractivity contribution is 0.291. The first-order valence-electron chi connectivity index (χ1n) is 5.88. The lowest BCUT2D eigenvalue weighted by Gasteiger charge is -2.20. The number of rotatable bonds is 2. The average molecular weight is 224 g/mol. The number of hydrogen-bond acceptors (Lipinski definition) is 4. The predicted molar refractivity (Wildman–Crippen MR) is 59.9 cm³/mol. The van der Waals surface area contributed by atoms with Crippen LogP contribution in [0.4, 0.5) is 0 Å². The molecule has 3 nitrogen and oxygen atoms in total. The van der Waals surface area contributed by atoms with Crippen LogP contribution < -0.4 is 0 Å². The van der Waals surface area contributed by atoms with Crippen LogP contribution in [0.25, 0.3) is 0 Å². The van der Waals surface area contributed by atoms with Gasteiger partial charge in [0.2, 0.25) is 5.89 Å². The lowest BCUT2D eigenvalue weighted by atomic mass is 9.85. The Hall–Kier alpha value is -0.510.